The highest BCUT2D eigenvalue weighted by Crippen LogP contribution is 2.34. The molecule has 3 aromatic rings. The van der Waals surface area contributed by atoms with Gasteiger partial charge >= 0.3 is 0 Å². The van der Waals surface area contributed by atoms with E-state index in [1.807, 2.05) is 18.5 Å². The maximum atomic E-state index is 12.5. The minimum Gasteiger partial charge on any atom is -0.356 e. The molecule has 0 bridgehead atoms. The van der Waals surface area contributed by atoms with Crippen LogP contribution in [0.15, 0.2) is 10.9 Å². The summed E-state index contributed by atoms with van der Waals surface area (Å²) >= 11 is 3.28. The maximum absolute atomic E-state index is 12.5. The number of rotatable bonds is 9. The highest BCUT2D eigenvalue weighted by Gasteiger charge is 2.21. The molecule has 1 aliphatic carbocycles. The number of hydrogen-bond donors (Lipinski definition) is 2. The first-order chi connectivity index (χ1) is 14.5. The Balaban J connectivity index is 1.17. The summed E-state index contributed by atoms with van der Waals surface area (Å²) in [7, 11) is 0. The van der Waals surface area contributed by atoms with Gasteiger partial charge in [0.15, 0.2) is 0 Å². The lowest BCUT2D eigenvalue weighted by molar-refractivity contribution is -0.120. The van der Waals surface area contributed by atoms with E-state index in [0.29, 0.717) is 30.3 Å². The number of H-pyrrole nitrogens is 1. The van der Waals surface area contributed by atoms with Gasteiger partial charge < -0.3 is 10.3 Å². The molecule has 4 rings (SSSR count). The van der Waals surface area contributed by atoms with Crippen LogP contribution >= 0.6 is 23.1 Å². The Bertz CT molecular complexity index is 1110. The lowest BCUT2D eigenvalue weighted by atomic mass is 10.2. The molecule has 2 N–H and O–H groups in total. The fourth-order valence-corrected chi connectivity index (χ4v) is 5.98. The van der Waals surface area contributed by atoms with E-state index in [-0.39, 0.29) is 11.5 Å². The van der Waals surface area contributed by atoms with Crippen molar-refractivity contribution in [3.05, 3.63) is 44.1 Å². The first kappa shape index (κ1) is 21.1. The molecule has 3 aromatic heterocycles. The molecule has 9 heteroatoms. The van der Waals surface area contributed by atoms with E-state index >= 15 is 0 Å². The summed E-state index contributed by atoms with van der Waals surface area (Å²) in [4.78, 5) is 34.2. The Morgan fingerprint density at radius 2 is 2.23 bits per heavy atom. The molecule has 0 spiro atoms. The number of fused-ring (bicyclic) bond motifs is 3. The molecule has 0 fully saturated rings. The van der Waals surface area contributed by atoms with Gasteiger partial charge in [-0.1, -0.05) is 0 Å². The number of hydrogen-bond acceptors (Lipinski definition) is 6. The highest BCUT2D eigenvalue weighted by atomic mass is 32.2. The monoisotopic (exact) mass is 445 g/mol. The average molecular weight is 446 g/mol. The van der Waals surface area contributed by atoms with Crippen LogP contribution in [0.2, 0.25) is 0 Å². The maximum Gasteiger partial charge on any atom is 0.259 e. The third-order valence-electron chi connectivity index (χ3n) is 5.31. The standard InChI is InChI=1S/C21H27N5O2S2/c1-13-11-14(2)26(25-13)9-4-8-22-18(27)7-10-29-12-17-23-20(28)19-15-5-3-6-16(15)30-21(19)24-17/h11H,3-10,12H2,1-2H3,(H,22,27)(H,23,24,28). The Kier molecular flexibility index (Phi) is 6.58. The summed E-state index contributed by atoms with van der Waals surface area (Å²) in [5.74, 6) is 2.07. The molecule has 0 radical (unpaired) electrons. The van der Waals surface area contributed by atoms with Gasteiger partial charge in [0.2, 0.25) is 5.91 Å². The van der Waals surface area contributed by atoms with E-state index in [2.05, 4.69) is 26.4 Å². The molecule has 7 nitrogen and oxygen atoms in total. The molecule has 160 valence electrons. The first-order valence-corrected chi connectivity index (χ1v) is 12.4. The van der Waals surface area contributed by atoms with Gasteiger partial charge in [0.1, 0.15) is 10.7 Å². The molecular formula is C21H27N5O2S2. The zero-order valence-corrected chi connectivity index (χ0v) is 19.0. The zero-order chi connectivity index (χ0) is 21.1. The largest absolute Gasteiger partial charge is 0.356 e. The summed E-state index contributed by atoms with van der Waals surface area (Å²) in [6.07, 6.45) is 4.51. The molecule has 0 saturated heterocycles. The molecule has 1 amide bonds. The Morgan fingerprint density at radius 3 is 3.03 bits per heavy atom. The fourth-order valence-electron chi connectivity index (χ4n) is 3.90. The van der Waals surface area contributed by atoms with Crippen molar-refractivity contribution in [2.75, 3.05) is 12.3 Å². The number of aromatic amines is 1. The van der Waals surface area contributed by atoms with Crippen molar-refractivity contribution in [1.29, 1.82) is 0 Å². The van der Waals surface area contributed by atoms with Crippen LogP contribution in [-0.4, -0.2) is 38.0 Å². The molecule has 1 aliphatic rings. The van der Waals surface area contributed by atoms with Crippen LogP contribution < -0.4 is 10.9 Å². The number of carbonyl (C=O) groups excluding carboxylic acids is 1. The van der Waals surface area contributed by atoms with Gasteiger partial charge in [-0.2, -0.15) is 16.9 Å². The first-order valence-electron chi connectivity index (χ1n) is 10.4. The molecule has 0 aromatic carbocycles. The molecular weight excluding hydrogens is 418 g/mol. The molecule has 30 heavy (non-hydrogen) atoms. The molecule has 0 atom stereocenters. The van der Waals surface area contributed by atoms with Crippen LogP contribution in [0.25, 0.3) is 10.2 Å². The summed E-state index contributed by atoms with van der Waals surface area (Å²) in [6.45, 7) is 5.48. The summed E-state index contributed by atoms with van der Waals surface area (Å²) < 4.78 is 1.98. The van der Waals surface area contributed by atoms with E-state index in [9.17, 15) is 9.59 Å². The number of amides is 1. The Morgan fingerprint density at radius 1 is 1.37 bits per heavy atom. The van der Waals surface area contributed by atoms with Gasteiger partial charge in [-0.05, 0) is 51.2 Å². The van der Waals surface area contributed by atoms with Crippen molar-refractivity contribution in [3.8, 4) is 0 Å². The van der Waals surface area contributed by atoms with Gasteiger partial charge in [-0.15, -0.1) is 11.3 Å². The van der Waals surface area contributed by atoms with Crippen molar-refractivity contribution in [3.63, 3.8) is 0 Å². The Labute approximate surface area is 183 Å². The predicted octanol–water partition coefficient (Wildman–Crippen LogP) is 3.12. The Hall–Kier alpha value is -2.13. The van der Waals surface area contributed by atoms with Crippen LogP contribution in [0.4, 0.5) is 0 Å². The van der Waals surface area contributed by atoms with Crippen molar-refractivity contribution < 1.29 is 4.79 Å². The number of aryl methyl sites for hydroxylation is 5. The fraction of sp³-hybridized carbons (Fsp3) is 0.524. The number of nitrogens with one attached hydrogen (secondary N) is 2. The van der Waals surface area contributed by atoms with Crippen molar-refractivity contribution in [1.82, 2.24) is 25.1 Å². The smallest absolute Gasteiger partial charge is 0.259 e. The van der Waals surface area contributed by atoms with E-state index < -0.39 is 0 Å². The van der Waals surface area contributed by atoms with Crippen molar-refractivity contribution in [2.45, 2.75) is 58.2 Å². The predicted molar refractivity (Wildman–Crippen MR) is 122 cm³/mol. The molecule has 3 heterocycles. The summed E-state index contributed by atoms with van der Waals surface area (Å²) in [6, 6.07) is 2.06. The number of thiophene rings is 1. The minimum absolute atomic E-state index is 0.0182. The zero-order valence-electron chi connectivity index (χ0n) is 17.4. The van der Waals surface area contributed by atoms with E-state index in [1.165, 1.54) is 10.4 Å². The second-order valence-electron chi connectivity index (χ2n) is 7.71. The van der Waals surface area contributed by atoms with Crippen LogP contribution in [-0.2, 0) is 29.9 Å². The van der Waals surface area contributed by atoms with E-state index in [1.54, 1.807) is 23.1 Å². The normalized spacial score (nSPS) is 13.1. The molecule has 0 saturated carbocycles. The lowest BCUT2D eigenvalue weighted by Gasteiger charge is -2.07. The number of carbonyl (C=O) groups is 1. The second-order valence-corrected chi connectivity index (χ2v) is 9.90. The van der Waals surface area contributed by atoms with Gasteiger partial charge in [0, 0.05) is 35.8 Å². The summed E-state index contributed by atoms with van der Waals surface area (Å²) in [5.41, 5.74) is 3.35. The number of aromatic nitrogens is 4. The van der Waals surface area contributed by atoms with E-state index in [0.717, 1.165) is 53.8 Å². The van der Waals surface area contributed by atoms with Crippen LogP contribution in [0, 0.1) is 13.8 Å². The molecule has 0 aliphatic heterocycles. The van der Waals surface area contributed by atoms with Crippen LogP contribution in [0.5, 0.6) is 0 Å². The van der Waals surface area contributed by atoms with Crippen LogP contribution in [0.1, 0.15) is 46.9 Å². The third kappa shape index (κ3) is 4.78. The number of nitrogens with zero attached hydrogens (tertiary/aromatic N) is 3. The SMILES string of the molecule is Cc1cc(C)n(CCCNC(=O)CCSCc2nc3sc4c(c3c(=O)[nH]2)CCC4)n1. The van der Waals surface area contributed by atoms with Crippen molar-refractivity contribution in [2.24, 2.45) is 0 Å². The second kappa shape index (κ2) is 9.34. The lowest BCUT2D eigenvalue weighted by Crippen LogP contribution is -2.25. The summed E-state index contributed by atoms with van der Waals surface area (Å²) in [5, 5.41) is 8.19. The minimum atomic E-state index is -0.0182. The number of thioether (sulfide) groups is 1. The van der Waals surface area contributed by atoms with Crippen LogP contribution in [0.3, 0.4) is 0 Å². The van der Waals surface area contributed by atoms with Gasteiger partial charge in [-0.25, -0.2) is 4.98 Å². The van der Waals surface area contributed by atoms with Gasteiger partial charge in [-0.3, -0.25) is 14.3 Å². The third-order valence-corrected chi connectivity index (χ3v) is 7.46. The average Bonchev–Trinajstić information content (AvgIpc) is 3.36. The van der Waals surface area contributed by atoms with Gasteiger partial charge in [0.25, 0.3) is 5.56 Å². The van der Waals surface area contributed by atoms with Crippen molar-refractivity contribution >= 4 is 39.2 Å². The molecule has 0 unspecified atom stereocenters. The van der Waals surface area contributed by atoms with E-state index in [4.69, 9.17) is 0 Å². The van der Waals surface area contributed by atoms with Gasteiger partial charge in [0.05, 0.1) is 16.8 Å². The topological polar surface area (TPSA) is 92.7 Å². The highest BCUT2D eigenvalue weighted by molar-refractivity contribution is 7.98. The quantitative estimate of drug-likeness (QED) is 0.494.